The summed E-state index contributed by atoms with van der Waals surface area (Å²) in [7, 11) is 0. The van der Waals surface area contributed by atoms with Crippen molar-refractivity contribution in [3.63, 3.8) is 0 Å². The van der Waals surface area contributed by atoms with Crippen LogP contribution in [0.2, 0.25) is 0 Å². The number of hydrogen-bond donors (Lipinski definition) is 2. The van der Waals surface area contributed by atoms with E-state index >= 15 is 0 Å². The van der Waals surface area contributed by atoms with Crippen molar-refractivity contribution in [2.75, 3.05) is 0 Å². The molecular formula is C13H22ClNO. The number of nitrogens with two attached hydrogens (primary N) is 1. The van der Waals surface area contributed by atoms with E-state index in [4.69, 9.17) is 5.73 Å². The lowest BCUT2D eigenvalue weighted by Gasteiger charge is -2.15. The highest BCUT2D eigenvalue weighted by Crippen LogP contribution is 2.29. The van der Waals surface area contributed by atoms with Gasteiger partial charge in [0, 0.05) is 11.6 Å². The summed E-state index contributed by atoms with van der Waals surface area (Å²) in [5.41, 5.74) is 7.82. The SMILES string of the molecule is Cc1cccc([C@@H](N)CCC(C)C)c1O.Cl. The third-order valence-corrected chi connectivity index (χ3v) is 2.72. The highest BCUT2D eigenvalue weighted by molar-refractivity contribution is 5.85. The van der Waals surface area contributed by atoms with Gasteiger partial charge in [-0.05, 0) is 31.2 Å². The summed E-state index contributed by atoms with van der Waals surface area (Å²) in [6.07, 6.45) is 2.02. The van der Waals surface area contributed by atoms with Gasteiger partial charge in [0.25, 0.3) is 0 Å². The monoisotopic (exact) mass is 243 g/mol. The minimum absolute atomic E-state index is 0. The van der Waals surface area contributed by atoms with Crippen molar-refractivity contribution in [2.45, 2.75) is 39.7 Å². The molecule has 1 aromatic carbocycles. The summed E-state index contributed by atoms with van der Waals surface area (Å²) < 4.78 is 0. The summed E-state index contributed by atoms with van der Waals surface area (Å²) in [5.74, 6) is 1.01. The van der Waals surface area contributed by atoms with Gasteiger partial charge in [-0.2, -0.15) is 0 Å². The number of phenols is 1. The van der Waals surface area contributed by atoms with Gasteiger partial charge >= 0.3 is 0 Å². The third kappa shape index (κ3) is 4.03. The van der Waals surface area contributed by atoms with Crippen molar-refractivity contribution >= 4 is 12.4 Å². The van der Waals surface area contributed by atoms with Crippen LogP contribution in [-0.4, -0.2) is 5.11 Å². The van der Waals surface area contributed by atoms with Gasteiger partial charge in [-0.1, -0.05) is 32.0 Å². The molecule has 0 aliphatic carbocycles. The Bertz CT molecular complexity index is 326. The Morgan fingerprint density at radius 3 is 2.44 bits per heavy atom. The van der Waals surface area contributed by atoms with Crippen molar-refractivity contribution in [1.82, 2.24) is 0 Å². The standard InChI is InChI=1S/C13H21NO.ClH/c1-9(2)7-8-12(14)11-6-4-5-10(3)13(11)15;/h4-6,9,12,15H,7-8,14H2,1-3H3;1H/t12-;/m0./s1. The molecule has 1 aromatic rings. The maximum Gasteiger partial charge on any atom is 0.123 e. The predicted octanol–water partition coefficient (Wildman–Crippen LogP) is 3.56. The summed E-state index contributed by atoms with van der Waals surface area (Å²) in [6, 6.07) is 5.70. The zero-order valence-electron chi connectivity index (χ0n) is 10.2. The van der Waals surface area contributed by atoms with E-state index in [0.717, 1.165) is 24.0 Å². The van der Waals surface area contributed by atoms with Gasteiger partial charge in [-0.25, -0.2) is 0 Å². The molecule has 1 rings (SSSR count). The number of hydrogen-bond acceptors (Lipinski definition) is 2. The highest BCUT2D eigenvalue weighted by atomic mass is 35.5. The molecule has 0 fully saturated rings. The summed E-state index contributed by atoms with van der Waals surface area (Å²) in [4.78, 5) is 0. The Kier molecular flexibility index (Phi) is 6.46. The second-order valence-corrected chi connectivity index (χ2v) is 4.59. The topological polar surface area (TPSA) is 46.2 Å². The molecular weight excluding hydrogens is 222 g/mol. The van der Waals surface area contributed by atoms with E-state index in [-0.39, 0.29) is 18.4 Å². The lowest BCUT2D eigenvalue weighted by Crippen LogP contribution is -2.11. The van der Waals surface area contributed by atoms with Crippen LogP contribution in [0.1, 0.15) is 43.9 Å². The van der Waals surface area contributed by atoms with Crippen LogP contribution >= 0.6 is 12.4 Å². The maximum absolute atomic E-state index is 9.85. The van der Waals surface area contributed by atoms with Crippen LogP contribution in [0.4, 0.5) is 0 Å². The molecule has 3 N–H and O–H groups in total. The molecule has 92 valence electrons. The molecule has 0 heterocycles. The number of benzene rings is 1. The fourth-order valence-corrected chi connectivity index (χ4v) is 1.65. The number of phenolic OH excluding ortho intramolecular Hbond substituents is 1. The van der Waals surface area contributed by atoms with Gasteiger partial charge in [0.2, 0.25) is 0 Å². The summed E-state index contributed by atoms with van der Waals surface area (Å²) in [5, 5.41) is 9.85. The lowest BCUT2D eigenvalue weighted by molar-refractivity contribution is 0.445. The summed E-state index contributed by atoms with van der Waals surface area (Å²) >= 11 is 0. The van der Waals surface area contributed by atoms with Crippen LogP contribution in [0.3, 0.4) is 0 Å². The molecule has 0 bridgehead atoms. The van der Waals surface area contributed by atoms with Crippen LogP contribution in [-0.2, 0) is 0 Å². The molecule has 0 saturated heterocycles. The van der Waals surface area contributed by atoms with Gasteiger partial charge in [-0.3, -0.25) is 0 Å². The molecule has 3 heteroatoms. The Morgan fingerprint density at radius 1 is 1.25 bits per heavy atom. The molecule has 0 aliphatic heterocycles. The Morgan fingerprint density at radius 2 is 1.88 bits per heavy atom. The third-order valence-electron chi connectivity index (χ3n) is 2.72. The molecule has 0 radical (unpaired) electrons. The molecule has 2 nitrogen and oxygen atoms in total. The highest BCUT2D eigenvalue weighted by Gasteiger charge is 2.12. The van der Waals surface area contributed by atoms with Gasteiger partial charge in [0.1, 0.15) is 5.75 Å². The molecule has 0 amide bonds. The fourth-order valence-electron chi connectivity index (χ4n) is 1.65. The van der Waals surface area contributed by atoms with E-state index in [1.165, 1.54) is 0 Å². The first-order valence-electron chi connectivity index (χ1n) is 5.56. The Labute approximate surface area is 104 Å². The first-order chi connectivity index (χ1) is 7.02. The molecule has 16 heavy (non-hydrogen) atoms. The van der Waals surface area contributed by atoms with Gasteiger partial charge in [-0.15, -0.1) is 12.4 Å². The quantitative estimate of drug-likeness (QED) is 0.850. The van der Waals surface area contributed by atoms with E-state index in [1.807, 2.05) is 25.1 Å². The fraction of sp³-hybridized carbons (Fsp3) is 0.538. The second-order valence-electron chi connectivity index (χ2n) is 4.59. The number of rotatable bonds is 4. The van der Waals surface area contributed by atoms with E-state index < -0.39 is 0 Å². The molecule has 0 saturated carbocycles. The van der Waals surface area contributed by atoms with E-state index in [1.54, 1.807) is 0 Å². The molecule has 1 atom stereocenters. The first-order valence-corrected chi connectivity index (χ1v) is 5.56. The zero-order valence-corrected chi connectivity index (χ0v) is 11.1. The summed E-state index contributed by atoms with van der Waals surface area (Å²) in [6.45, 7) is 6.26. The molecule has 0 aromatic heterocycles. The van der Waals surface area contributed by atoms with Crippen molar-refractivity contribution in [3.8, 4) is 5.75 Å². The first kappa shape index (κ1) is 15.3. The molecule has 0 aliphatic rings. The predicted molar refractivity (Wildman–Crippen MR) is 71.1 cm³/mol. The van der Waals surface area contributed by atoms with Crippen molar-refractivity contribution in [3.05, 3.63) is 29.3 Å². The van der Waals surface area contributed by atoms with Crippen molar-refractivity contribution < 1.29 is 5.11 Å². The number of para-hydroxylation sites is 1. The maximum atomic E-state index is 9.85. The largest absolute Gasteiger partial charge is 0.507 e. The van der Waals surface area contributed by atoms with Crippen LogP contribution in [0.25, 0.3) is 0 Å². The van der Waals surface area contributed by atoms with Gasteiger partial charge in [0.05, 0.1) is 0 Å². The van der Waals surface area contributed by atoms with Crippen LogP contribution in [0.5, 0.6) is 5.75 Å². The smallest absolute Gasteiger partial charge is 0.123 e. The lowest BCUT2D eigenvalue weighted by atomic mass is 9.96. The zero-order chi connectivity index (χ0) is 11.4. The van der Waals surface area contributed by atoms with Gasteiger partial charge < -0.3 is 10.8 Å². The minimum atomic E-state index is -0.0488. The second kappa shape index (κ2) is 6.77. The number of aryl methyl sites for hydroxylation is 1. The van der Waals surface area contributed by atoms with E-state index in [2.05, 4.69) is 13.8 Å². The minimum Gasteiger partial charge on any atom is -0.507 e. The normalized spacial score (nSPS) is 12.3. The molecule has 0 spiro atoms. The number of halogens is 1. The van der Waals surface area contributed by atoms with Crippen LogP contribution in [0.15, 0.2) is 18.2 Å². The van der Waals surface area contributed by atoms with Crippen LogP contribution < -0.4 is 5.73 Å². The average Bonchev–Trinajstić information content (AvgIpc) is 2.18. The van der Waals surface area contributed by atoms with Crippen LogP contribution in [0, 0.1) is 12.8 Å². The van der Waals surface area contributed by atoms with E-state index in [0.29, 0.717) is 11.7 Å². The van der Waals surface area contributed by atoms with Crippen molar-refractivity contribution in [2.24, 2.45) is 11.7 Å². The average molecular weight is 244 g/mol. The Balaban J connectivity index is 0.00000225. The van der Waals surface area contributed by atoms with Crippen molar-refractivity contribution in [1.29, 1.82) is 0 Å². The Hall–Kier alpha value is -0.730. The van der Waals surface area contributed by atoms with Gasteiger partial charge in [0.15, 0.2) is 0 Å². The van der Waals surface area contributed by atoms with E-state index in [9.17, 15) is 5.11 Å². The molecule has 0 unspecified atom stereocenters. The number of aromatic hydroxyl groups is 1.